The predicted octanol–water partition coefficient (Wildman–Crippen LogP) is 3.22. The van der Waals surface area contributed by atoms with Crippen molar-refractivity contribution >= 4 is 35.1 Å². The Balaban J connectivity index is 1.57. The molecule has 2 aromatic carbocycles. The monoisotopic (exact) mass is 502 g/mol. The summed E-state index contributed by atoms with van der Waals surface area (Å²) in [5, 5.41) is 9.15. The number of nitrogens with zero attached hydrogens (tertiary/aromatic N) is 1. The largest absolute Gasteiger partial charge is 0.497 e. The van der Waals surface area contributed by atoms with Gasteiger partial charge in [-0.25, -0.2) is 4.79 Å². The number of anilines is 1. The number of nitrogens with one attached hydrogen (secondary N) is 3. The standard InChI is InChI=1S/C25H31ClN4O5/c1-16(31)27-22(13-17-7-8-21(34-2)15-23(17)35-3)24(32)28-19-9-11-30(12-10-19)25(33)29-20-6-4-5-18(26)14-20/h4-8,14-15,19,22H,9-13H2,1-3H3,(H,27,31)(H,28,32)(H,29,33). The van der Waals surface area contributed by atoms with Gasteiger partial charge < -0.3 is 30.3 Å². The van der Waals surface area contributed by atoms with Gasteiger partial charge in [-0.15, -0.1) is 0 Å². The molecule has 0 aromatic heterocycles. The Kier molecular flexibility index (Phi) is 9.19. The van der Waals surface area contributed by atoms with E-state index in [1.165, 1.54) is 6.92 Å². The van der Waals surface area contributed by atoms with E-state index in [-0.39, 0.29) is 30.3 Å². The molecule has 35 heavy (non-hydrogen) atoms. The molecule has 188 valence electrons. The molecule has 4 amide bonds. The van der Waals surface area contributed by atoms with Gasteiger partial charge in [0, 0.05) is 49.3 Å². The molecule has 3 N–H and O–H groups in total. The number of carbonyl (C=O) groups is 3. The van der Waals surface area contributed by atoms with Crippen molar-refractivity contribution in [1.29, 1.82) is 0 Å². The van der Waals surface area contributed by atoms with Gasteiger partial charge in [-0.3, -0.25) is 9.59 Å². The summed E-state index contributed by atoms with van der Waals surface area (Å²) in [6.45, 7) is 2.37. The number of benzene rings is 2. The zero-order valence-corrected chi connectivity index (χ0v) is 20.9. The minimum absolute atomic E-state index is 0.105. The highest BCUT2D eigenvalue weighted by Crippen LogP contribution is 2.26. The Morgan fingerprint density at radius 1 is 1.09 bits per heavy atom. The minimum atomic E-state index is -0.765. The van der Waals surface area contributed by atoms with Gasteiger partial charge in [0.05, 0.1) is 14.2 Å². The van der Waals surface area contributed by atoms with E-state index < -0.39 is 6.04 Å². The molecule has 1 aliphatic rings. The SMILES string of the molecule is COc1ccc(CC(NC(C)=O)C(=O)NC2CCN(C(=O)Nc3cccc(Cl)c3)CC2)c(OC)c1. The lowest BCUT2D eigenvalue weighted by molar-refractivity contribution is -0.128. The van der Waals surface area contributed by atoms with Crippen LogP contribution < -0.4 is 25.4 Å². The minimum Gasteiger partial charge on any atom is -0.497 e. The quantitative estimate of drug-likeness (QED) is 0.513. The molecule has 1 atom stereocenters. The Morgan fingerprint density at radius 2 is 1.83 bits per heavy atom. The fourth-order valence-corrected chi connectivity index (χ4v) is 4.18. The van der Waals surface area contributed by atoms with Crippen molar-refractivity contribution in [3.05, 3.63) is 53.1 Å². The summed E-state index contributed by atoms with van der Waals surface area (Å²) in [5.41, 5.74) is 1.40. The Hall–Kier alpha value is -3.46. The Morgan fingerprint density at radius 3 is 2.46 bits per heavy atom. The molecule has 3 rings (SSSR count). The second-order valence-electron chi connectivity index (χ2n) is 8.35. The summed E-state index contributed by atoms with van der Waals surface area (Å²) in [7, 11) is 3.11. The molecule has 1 aliphatic heterocycles. The molecule has 0 spiro atoms. The third-order valence-electron chi connectivity index (χ3n) is 5.82. The molecule has 1 fully saturated rings. The van der Waals surface area contributed by atoms with Crippen LogP contribution in [0.2, 0.25) is 5.02 Å². The first-order valence-corrected chi connectivity index (χ1v) is 11.8. The van der Waals surface area contributed by atoms with E-state index >= 15 is 0 Å². The van der Waals surface area contributed by atoms with Gasteiger partial charge in [0.2, 0.25) is 11.8 Å². The molecule has 0 bridgehead atoms. The average molecular weight is 503 g/mol. The van der Waals surface area contributed by atoms with E-state index in [9.17, 15) is 14.4 Å². The number of hydrogen-bond acceptors (Lipinski definition) is 5. The van der Waals surface area contributed by atoms with Crippen molar-refractivity contribution < 1.29 is 23.9 Å². The second kappa shape index (κ2) is 12.3. The summed E-state index contributed by atoms with van der Waals surface area (Å²) < 4.78 is 10.7. The summed E-state index contributed by atoms with van der Waals surface area (Å²) >= 11 is 5.98. The van der Waals surface area contributed by atoms with Crippen LogP contribution in [-0.2, 0) is 16.0 Å². The maximum absolute atomic E-state index is 13.1. The van der Waals surface area contributed by atoms with E-state index in [0.717, 1.165) is 5.56 Å². The van der Waals surface area contributed by atoms with E-state index in [0.29, 0.717) is 48.1 Å². The molecule has 1 unspecified atom stereocenters. The fraction of sp³-hybridized carbons (Fsp3) is 0.400. The number of likely N-dealkylation sites (tertiary alicyclic amines) is 1. The molecule has 0 aliphatic carbocycles. The lowest BCUT2D eigenvalue weighted by Gasteiger charge is -2.33. The number of hydrogen-bond donors (Lipinski definition) is 3. The van der Waals surface area contributed by atoms with Crippen molar-refractivity contribution in [3.63, 3.8) is 0 Å². The number of urea groups is 1. The molecule has 0 saturated carbocycles. The third kappa shape index (κ3) is 7.51. The van der Waals surface area contributed by atoms with Crippen LogP contribution in [0.5, 0.6) is 11.5 Å². The lowest BCUT2D eigenvalue weighted by Crippen LogP contribution is -2.53. The smallest absolute Gasteiger partial charge is 0.321 e. The van der Waals surface area contributed by atoms with Gasteiger partial charge in [0.25, 0.3) is 0 Å². The van der Waals surface area contributed by atoms with Gasteiger partial charge in [-0.1, -0.05) is 23.7 Å². The van der Waals surface area contributed by atoms with Crippen LogP contribution >= 0.6 is 11.6 Å². The first-order valence-electron chi connectivity index (χ1n) is 11.4. The number of halogens is 1. The van der Waals surface area contributed by atoms with Crippen molar-refractivity contribution in [2.45, 2.75) is 38.3 Å². The first kappa shape index (κ1) is 26.2. The van der Waals surface area contributed by atoms with Crippen LogP contribution in [0.4, 0.5) is 10.5 Å². The maximum atomic E-state index is 13.1. The Labute approximate surface area is 210 Å². The fourth-order valence-electron chi connectivity index (χ4n) is 3.99. The molecule has 10 heteroatoms. The van der Waals surface area contributed by atoms with Gasteiger partial charge in [-0.05, 0) is 42.7 Å². The first-order chi connectivity index (χ1) is 16.8. The van der Waals surface area contributed by atoms with Crippen LogP contribution in [0.3, 0.4) is 0 Å². The molecular weight excluding hydrogens is 472 g/mol. The van der Waals surface area contributed by atoms with Gasteiger partial charge in [-0.2, -0.15) is 0 Å². The zero-order chi connectivity index (χ0) is 25.4. The van der Waals surface area contributed by atoms with E-state index in [4.69, 9.17) is 21.1 Å². The van der Waals surface area contributed by atoms with E-state index in [1.54, 1.807) is 55.5 Å². The lowest BCUT2D eigenvalue weighted by atomic mass is 10.0. The maximum Gasteiger partial charge on any atom is 0.321 e. The van der Waals surface area contributed by atoms with Crippen molar-refractivity contribution in [2.24, 2.45) is 0 Å². The molecule has 2 aromatic rings. The van der Waals surface area contributed by atoms with E-state index in [2.05, 4.69) is 16.0 Å². The van der Waals surface area contributed by atoms with E-state index in [1.807, 2.05) is 6.07 Å². The summed E-state index contributed by atoms with van der Waals surface area (Å²) in [6.07, 6.45) is 1.47. The molecule has 1 saturated heterocycles. The van der Waals surface area contributed by atoms with Crippen molar-refractivity contribution in [1.82, 2.24) is 15.5 Å². The number of carbonyl (C=O) groups excluding carboxylic acids is 3. The zero-order valence-electron chi connectivity index (χ0n) is 20.1. The number of piperidine rings is 1. The average Bonchev–Trinajstić information content (AvgIpc) is 2.84. The number of rotatable bonds is 8. The summed E-state index contributed by atoms with van der Waals surface area (Å²) in [6, 6.07) is 11.2. The topological polar surface area (TPSA) is 109 Å². The van der Waals surface area contributed by atoms with Crippen LogP contribution in [-0.4, -0.2) is 62.1 Å². The normalized spacial score (nSPS) is 14.6. The molecule has 0 radical (unpaired) electrons. The molecule has 9 nitrogen and oxygen atoms in total. The summed E-state index contributed by atoms with van der Waals surface area (Å²) in [5.74, 6) is 0.633. The number of amides is 4. The number of ether oxygens (including phenoxy) is 2. The van der Waals surface area contributed by atoms with Gasteiger partial charge >= 0.3 is 6.03 Å². The highest BCUT2D eigenvalue weighted by molar-refractivity contribution is 6.30. The predicted molar refractivity (Wildman–Crippen MR) is 134 cm³/mol. The van der Waals surface area contributed by atoms with Crippen LogP contribution in [0.25, 0.3) is 0 Å². The highest BCUT2D eigenvalue weighted by atomic mass is 35.5. The highest BCUT2D eigenvalue weighted by Gasteiger charge is 2.28. The molecular formula is C25H31ClN4O5. The van der Waals surface area contributed by atoms with Gasteiger partial charge in [0.1, 0.15) is 17.5 Å². The van der Waals surface area contributed by atoms with Crippen molar-refractivity contribution in [2.75, 3.05) is 32.6 Å². The summed E-state index contributed by atoms with van der Waals surface area (Å²) in [4.78, 5) is 39.1. The van der Waals surface area contributed by atoms with Crippen LogP contribution in [0, 0.1) is 0 Å². The van der Waals surface area contributed by atoms with Crippen molar-refractivity contribution in [3.8, 4) is 11.5 Å². The molecule has 1 heterocycles. The van der Waals surface area contributed by atoms with Crippen LogP contribution in [0.1, 0.15) is 25.3 Å². The second-order valence-corrected chi connectivity index (χ2v) is 8.78. The van der Waals surface area contributed by atoms with Gasteiger partial charge in [0.15, 0.2) is 0 Å². The number of methoxy groups -OCH3 is 2. The third-order valence-corrected chi connectivity index (χ3v) is 6.05. The van der Waals surface area contributed by atoms with Crippen LogP contribution in [0.15, 0.2) is 42.5 Å². The Bertz CT molecular complexity index is 1060.